The van der Waals surface area contributed by atoms with E-state index in [1.54, 1.807) is 18.1 Å². The fourth-order valence-electron chi connectivity index (χ4n) is 5.06. The van der Waals surface area contributed by atoms with E-state index < -0.39 is 0 Å². The zero-order chi connectivity index (χ0) is 25.9. The normalized spacial score (nSPS) is 19.5. The summed E-state index contributed by atoms with van der Waals surface area (Å²) < 4.78 is 0. The Bertz CT molecular complexity index is 1310. The largest absolute Gasteiger partial charge is 0.369 e. The number of benzene rings is 2. The number of hydrogen-bond donors (Lipinski definition) is 2. The molecule has 1 unspecified atom stereocenters. The Morgan fingerprint density at radius 1 is 1.05 bits per heavy atom. The van der Waals surface area contributed by atoms with Crippen molar-refractivity contribution in [3.05, 3.63) is 77.8 Å². The van der Waals surface area contributed by atoms with Gasteiger partial charge in [-0.2, -0.15) is 0 Å². The van der Waals surface area contributed by atoms with Gasteiger partial charge in [0.1, 0.15) is 12.1 Å². The molecule has 7 nitrogen and oxygen atoms in total. The Labute approximate surface area is 228 Å². The molecule has 6 rings (SSSR count). The molecule has 1 aliphatic carbocycles. The minimum Gasteiger partial charge on any atom is -0.369 e. The van der Waals surface area contributed by atoms with Gasteiger partial charge in [-0.3, -0.25) is 4.79 Å². The molecule has 38 heavy (non-hydrogen) atoms. The third-order valence-electron chi connectivity index (χ3n) is 7.53. The summed E-state index contributed by atoms with van der Waals surface area (Å²) in [5.74, 6) is 1.93. The summed E-state index contributed by atoms with van der Waals surface area (Å²) >= 11 is 1.78. The van der Waals surface area contributed by atoms with Crippen LogP contribution in [0.25, 0.3) is 6.08 Å². The van der Waals surface area contributed by atoms with Gasteiger partial charge in [0.05, 0.1) is 10.6 Å². The molecule has 2 aromatic carbocycles. The van der Waals surface area contributed by atoms with Gasteiger partial charge < -0.3 is 20.4 Å². The van der Waals surface area contributed by atoms with Crippen LogP contribution in [0.2, 0.25) is 0 Å². The average Bonchev–Trinajstić information content (AvgIpc) is 3.68. The molecule has 2 fully saturated rings. The average molecular weight is 527 g/mol. The number of nitrogens with zero attached hydrogens (tertiary/aromatic N) is 4. The maximum Gasteiger partial charge on any atom is 0.252 e. The summed E-state index contributed by atoms with van der Waals surface area (Å²) in [5, 5.41) is 6.62. The van der Waals surface area contributed by atoms with Gasteiger partial charge >= 0.3 is 0 Å². The van der Waals surface area contributed by atoms with Crippen LogP contribution in [-0.4, -0.2) is 65.3 Å². The van der Waals surface area contributed by atoms with Gasteiger partial charge in [-0.15, -0.1) is 11.8 Å². The number of nitrogens with one attached hydrogen (secondary N) is 2. The molecule has 3 aromatic rings. The van der Waals surface area contributed by atoms with E-state index in [4.69, 9.17) is 0 Å². The van der Waals surface area contributed by atoms with Crippen LogP contribution in [0.5, 0.6) is 0 Å². The second-order valence-corrected chi connectivity index (χ2v) is 11.2. The molecule has 2 aliphatic heterocycles. The van der Waals surface area contributed by atoms with Crippen LogP contribution in [-0.2, 0) is 0 Å². The van der Waals surface area contributed by atoms with Crippen molar-refractivity contribution < 1.29 is 4.79 Å². The molecule has 0 bridgehead atoms. The van der Waals surface area contributed by atoms with Crippen LogP contribution in [0.15, 0.2) is 65.8 Å². The van der Waals surface area contributed by atoms with Crippen LogP contribution in [0.3, 0.4) is 0 Å². The lowest BCUT2D eigenvalue weighted by atomic mass is 10.0. The highest BCUT2D eigenvalue weighted by atomic mass is 32.2. The van der Waals surface area contributed by atoms with E-state index in [2.05, 4.69) is 73.7 Å². The predicted octanol–water partition coefficient (Wildman–Crippen LogP) is 5.16. The van der Waals surface area contributed by atoms with E-state index in [0.717, 1.165) is 84.5 Å². The molecule has 1 atom stereocenters. The predicted molar refractivity (Wildman–Crippen MR) is 156 cm³/mol. The number of anilines is 3. The van der Waals surface area contributed by atoms with Gasteiger partial charge in [0.2, 0.25) is 0 Å². The molecule has 196 valence electrons. The first-order valence-electron chi connectivity index (χ1n) is 13.6. The zero-order valence-electron chi connectivity index (χ0n) is 21.8. The van der Waals surface area contributed by atoms with E-state index in [-0.39, 0.29) is 11.8 Å². The van der Waals surface area contributed by atoms with Crippen LogP contribution in [0, 0.1) is 0 Å². The number of aromatic nitrogens is 2. The number of carbonyl (C=O) groups is 1. The molecular weight excluding hydrogens is 492 g/mol. The summed E-state index contributed by atoms with van der Waals surface area (Å²) in [6.45, 7) is 7.74. The van der Waals surface area contributed by atoms with Crippen molar-refractivity contribution in [2.45, 2.75) is 36.6 Å². The summed E-state index contributed by atoms with van der Waals surface area (Å²) in [7, 11) is 0. The molecule has 3 heterocycles. The molecule has 2 N–H and O–H groups in total. The third-order valence-corrected chi connectivity index (χ3v) is 8.75. The molecule has 8 heteroatoms. The van der Waals surface area contributed by atoms with Gasteiger partial charge in [-0.1, -0.05) is 37.3 Å². The first-order chi connectivity index (χ1) is 18.7. The van der Waals surface area contributed by atoms with E-state index in [1.807, 2.05) is 24.3 Å². The van der Waals surface area contributed by atoms with E-state index in [0.29, 0.717) is 6.04 Å². The quantitative estimate of drug-likeness (QED) is 0.420. The van der Waals surface area contributed by atoms with Gasteiger partial charge in [-0.05, 0) is 55.3 Å². The van der Waals surface area contributed by atoms with Crippen molar-refractivity contribution in [3.8, 4) is 0 Å². The van der Waals surface area contributed by atoms with Crippen molar-refractivity contribution >= 4 is 40.9 Å². The van der Waals surface area contributed by atoms with Gasteiger partial charge in [0.25, 0.3) is 5.91 Å². The lowest BCUT2D eigenvalue weighted by molar-refractivity contribution is 0.0951. The number of likely N-dealkylation sites (N-methyl/N-ethyl adjacent to an activating group) is 1. The highest BCUT2D eigenvalue weighted by Crippen LogP contribution is 2.43. The molecule has 0 radical (unpaired) electrons. The SMILES string of the molecule is CCN1CCN(c2ccc(Nc3ncnc4c3SCC4/C=C/c3ccccc3C(=O)NC3CC3)cc2)CC1. The number of allylic oxidation sites excluding steroid dienone is 1. The number of piperazine rings is 1. The second kappa shape index (κ2) is 11.2. The maximum atomic E-state index is 12.7. The highest BCUT2D eigenvalue weighted by Gasteiger charge is 2.27. The summed E-state index contributed by atoms with van der Waals surface area (Å²) in [5.41, 5.74) is 4.99. The Morgan fingerprint density at radius 3 is 2.61 bits per heavy atom. The molecule has 1 saturated carbocycles. The van der Waals surface area contributed by atoms with Crippen molar-refractivity contribution in [2.24, 2.45) is 0 Å². The second-order valence-electron chi connectivity index (χ2n) is 10.1. The van der Waals surface area contributed by atoms with Crippen LogP contribution >= 0.6 is 11.8 Å². The first kappa shape index (κ1) is 24.9. The standard InChI is InChI=1S/C30H34N6OS/c1-2-35-15-17-36(18-16-35)25-13-11-23(12-14-25)33-29-28-27(31-20-32-29)22(19-38-28)8-7-21-5-3-4-6-26(21)30(37)34-24-9-10-24/h3-8,11-14,20,22,24H,2,9-10,15-19H2,1H3,(H,34,37)(H,31,32,33)/b8-7+. The smallest absolute Gasteiger partial charge is 0.252 e. The zero-order valence-corrected chi connectivity index (χ0v) is 22.6. The van der Waals surface area contributed by atoms with Crippen molar-refractivity contribution in [1.82, 2.24) is 20.2 Å². The Balaban J connectivity index is 1.14. The monoisotopic (exact) mass is 526 g/mol. The first-order valence-corrected chi connectivity index (χ1v) is 14.6. The fraction of sp³-hybridized carbons (Fsp3) is 0.367. The number of carbonyl (C=O) groups excluding carboxylic acids is 1. The molecule has 1 aromatic heterocycles. The van der Waals surface area contributed by atoms with E-state index >= 15 is 0 Å². The number of rotatable bonds is 8. The Morgan fingerprint density at radius 2 is 1.84 bits per heavy atom. The van der Waals surface area contributed by atoms with Crippen molar-refractivity contribution in [1.29, 1.82) is 0 Å². The Kier molecular flexibility index (Phi) is 7.33. The fourth-order valence-corrected chi connectivity index (χ4v) is 6.26. The van der Waals surface area contributed by atoms with E-state index in [9.17, 15) is 4.79 Å². The topological polar surface area (TPSA) is 73.4 Å². The molecule has 1 saturated heterocycles. The van der Waals surface area contributed by atoms with Crippen LogP contribution in [0.1, 0.15) is 47.3 Å². The van der Waals surface area contributed by atoms with E-state index in [1.165, 1.54) is 5.69 Å². The van der Waals surface area contributed by atoms with Gasteiger partial charge in [0, 0.05) is 60.8 Å². The number of amides is 1. The number of thioether (sulfide) groups is 1. The van der Waals surface area contributed by atoms with Crippen LogP contribution in [0.4, 0.5) is 17.2 Å². The highest BCUT2D eigenvalue weighted by molar-refractivity contribution is 7.99. The minimum atomic E-state index is 0.0111. The summed E-state index contributed by atoms with van der Waals surface area (Å²) in [6.07, 6.45) is 8.04. The summed E-state index contributed by atoms with van der Waals surface area (Å²) in [4.78, 5) is 27.9. The lowest BCUT2D eigenvalue weighted by Crippen LogP contribution is -2.46. The molecule has 0 spiro atoms. The lowest BCUT2D eigenvalue weighted by Gasteiger charge is -2.35. The van der Waals surface area contributed by atoms with Gasteiger partial charge in [0.15, 0.2) is 0 Å². The molecule has 1 amide bonds. The number of hydrogen-bond acceptors (Lipinski definition) is 7. The molecule has 3 aliphatic rings. The maximum absolute atomic E-state index is 12.7. The van der Waals surface area contributed by atoms with Crippen molar-refractivity contribution in [3.63, 3.8) is 0 Å². The molecular formula is C30H34N6OS. The number of fused-ring (bicyclic) bond motifs is 1. The Hall–Kier alpha value is -3.36. The van der Waals surface area contributed by atoms with Gasteiger partial charge in [-0.25, -0.2) is 9.97 Å². The summed E-state index contributed by atoms with van der Waals surface area (Å²) in [6, 6.07) is 16.8. The van der Waals surface area contributed by atoms with Crippen LogP contribution < -0.4 is 15.5 Å². The van der Waals surface area contributed by atoms with Crippen molar-refractivity contribution in [2.75, 3.05) is 48.7 Å². The third kappa shape index (κ3) is 5.56. The minimum absolute atomic E-state index is 0.0111.